The fourth-order valence-corrected chi connectivity index (χ4v) is 1.90. The molecule has 112 valence electrons. The molecule has 0 spiro atoms. The quantitative estimate of drug-likeness (QED) is 0.789. The molecule has 0 radical (unpaired) electrons. The minimum absolute atomic E-state index is 0.104. The highest BCUT2D eigenvalue weighted by atomic mass is 35.5. The van der Waals surface area contributed by atoms with Gasteiger partial charge in [-0.1, -0.05) is 25.4 Å². The van der Waals surface area contributed by atoms with E-state index in [1.54, 1.807) is 12.1 Å². The van der Waals surface area contributed by atoms with Gasteiger partial charge in [0.25, 0.3) is 0 Å². The van der Waals surface area contributed by atoms with E-state index < -0.39 is 5.41 Å². The van der Waals surface area contributed by atoms with E-state index in [9.17, 15) is 4.79 Å². The number of rotatable bonds is 7. The number of hydrogen-bond donors (Lipinski definition) is 0. The Kier molecular flexibility index (Phi) is 4.96. The number of ether oxygens (including phenoxy) is 1. The van der Waals surface area contributed by atoms with Crippen molar-refractivity contribution >= 4 is 17.4 Å². The zero-order chi connectivity index (χ0) is 15.3. The van der Waals surface area contributed by atoms with Gasteiger partial charge < -0.3 is 4.74 Å². The van der Waals surface area contributed by atoms with Gasteiger partial charge in [-0.2, -0.15) is 5.10 Å². The molecule has 21 heavy (non-hydrogen) atoms. The maximum atomic E-state index is 12.3. The van der Waals surface area contributed by atoms with Crippen molar-refractivity contribution in [2.75, 3.05) is 6.61 Å². The van der Waals surface area contributed by atoms with Crippen LogP contribution in [0.25, 0.3) is 0 Å². The Bertz CT molecular complexity index is 579. The molecule has 2 rings (SSSR count). The summed E-state index contributed by atoms with van der Waals surface area (Å²) >= 11 is 5.81. The third-order valence-corrected chi connectivity index (χ3v) is 3.59. The lowest BCUT2D eigenvalue weighted by Gasteiger charge is -2.23. The van der Waals surface area contributed by atoms with Gasteiger partial charge in [-0.15, -0.1) is 0 Å². The lowest BCUT2D eigenvalue weighted by Crippen LogP contribution is -2.30. The van der Waals surface area contributed by atoms with Gasteiger partial charge in [0.05, 0.1) is 6.61 Å². The average molecular weight is 308 g/mol. The Morgan fingerprint density at radius 2 is 2.05 bits per heavy atom. The molecule has 0 aliphatic rings. The van der Waals surface area contributed by atoms with Crippen LogP contribution in [0.1, 0.15) is 20.3 Å². The number of aromatic nitrogens is 3. The fraction of sp³-hybridized carbons (Fsp3) is 0.400. The van der Waals surface area contributed by atoms with Crippen LogP contribution in [0, 0.1) is 5.41 Å². The SMILES string of the molecule is CC(C)(CCOc1ccc(Cl)cc1)C(=O)Cn1cncn1. The molecule has 2 aromatic rings. The number of carbonyl (C=O) groups excluding carboxylic acids is 1. The van der Waals surface area contributed by atoms with Crippen molar-refractivity contribution < 1.29 is 9.53 Å². The van der Waals surface area contributed by atoms with Crippen LogP contribution in [-0.4, -0.2) is 27.2 Å². The van der Waals surface area contributed by atoms with Crippen LogP contribution in [0.4, 0.5) is 0 Å². The number of ketones is 1. The van der Waals surface area contributed by atoms with E-state index in [4.69, 9.17) is 16.3 Å². The molecule has 0 atom stereocenters. The van der Waals surface area contributed by atoms with Crippen LogP contribution in [0.5, 0.6) is 5.75 Å². The minimum Gasteiger partial charge on any atom is -0.494 e. The molecule has 1 aromatic heterocycles. The summed E-state index contributed by atoms with van der Waals surface area (Å²) in [6.45, 7) is 4.53. The largest absolute Gasteiger partial charge is 0.494 e. The van der Waals surface area contributed by atoms with Crippen molar-refractivity contribution in [2.24, 2.45) is 5.41 Å². The fourth-order valence-electron chi connectivity index (χ4n) is 1.77. The summed E-state index contributed by atoms with van der Waals surface area (Å²) in [4.78, 5) is 16.1. The minimum atomic E-state index is -0.474. The van der Waals surface area contributed by atoms with Crippen molar-refractivity contribution in [3.8, 4) is 5.75 Å². The molecule has 0 aliphatic carbocycles. The summed E-state index contributed by atoms with van der Waals surface area (Å²) in [5, 5.41) is 4.62. The Morgan fingerprint density at radius 1 is 1.33 bits per heavy atom. The van der Waals surface area contributed by atoms with Crippen LogP contribution in [0.2, 0.25) is 5.02 Å². The van der Waals surface area contributed by atoms with E-state index in [0.717, 1.165) is 5.75 Å². The van der Waals surface area contributed by atoms with Gasteiger partial charge in [-0.25, -0.2) is 9.67 Å². The molecule has 0 amide bonds. The Hall–Kier alpha value is -1.88. The van der Waals surface area contributed by atoms with Crippen LogP contribution in [0.3, 0.4) is 0 Å². The first-order valence-electron chi connectivity index (χ1n) is 6.71. The zero-order valence-electron chi connectivity index (χ0n) is 12.1. The topological polar surface area (TPSA) is 57.0 Å². The number of halogens is 1. The van der Waals surface area contributed by atoms with Gasteiger partial charge in [0.15, 0.2) is 5.78 Å². The second kappa shape index (κ2) is 6.72. The zero-order valence-corrected chi connectivity index (χ0v) is 12.9. The van der Waals surface area contributed by atoms with Gasteiger partial charge in [0.1, 0.15) is 24.9 Å². The molecular weight excluding hydrogens is 290 g/mol. The lowest BCUT2D eigenvalue weighted by molar-refractivity contribution is -0.128. The smallest absolute Gasteiger partial charge is 0.160 e. The number of Topliss-reactive ketones (excluding diaryl/α,β-unsaturated/α-hetero) is 1. The van der Waals surface area contributed by atoms with E-state index >= 15 is 0 Å². The molecular formula is C15H18ClN3O2. The molecule has 0 fully saturated rings. The van der Waals surface area contributed by atoms with Gasteiger partial charge in [0, 0.05) is 10.4 Å². The first-order valence-corrected chi connectivity index (χ1v) is 7.09. The molecule has 1 aromatic carbocycles. The number of benzene rings is 1. The third kappa shape index (κ3) is 4.56. The highest BCUT2D eigenvalue weighted by molar-refractivity contribution is 6.30. The van der Waals surface area contributed by atoms with Crippen LogP contribution in [0.15, 0.2) is 36.9 Å². The van der Waals surface area contributed by atoms with Crippen LogP contribution < -0.4 is 4.74 Å². The summed E-state index contributed by atoms with van der Waals surface area (Å²) in [5.41, 5.74) is -0.474. The first-order chi connectivity index (χ1) is 9.97. The summed E-state index contributed by atoms with van der Waals surface area (Å²) in [6, 6.07) is 7.18. The van der Waals surface area contributed by atoms with Gasteiger partial charge >= 0.3 is 0 Å². The maximum Gasteiger partial charge on any atom is 0.160 e. The number of hydrogen-bond acceptors (Lipinski definition) is 4. The van der Waals surface area contributed by atoms with Gasteiger partial charge in [0.2, 0.25) is 0 Å². The van der Waals surface area contributed by atoms with E-state index in [0.29, 0.717) is 18.1 Å². The second-order valence-corrected chi connectivity index (χ2v) is 5.89. The lowest BCUT2D eigenvalue weighted by atomic mass is 9.85. The number of nitrogens with zero attached hydrogens (tertiary/aromatic N) is 3. The molecule has 1 heterocycles. The standard InChI is InChI=1S/C15H18ClN3O2/c1-15(2,14(20)9-19-11-17-10-18-19)7-8-21-13-5-3-12(16)4-6-13/h3-6,10-11H,7-9H2,1-2H3. The van der Waals surface area contributed by atoms with E-state index in [1.807, 2.05) is 26.0 Å². The molecule has 6 heteroatoms. The summed E-state index contributed by atoms with van der Waals surface area (Å²) in [6.07, 6.45) is 3.59. The van der Waals surface area contributed by atoms with Crippen molar-refractivity contribution in [3.05, 3.63) is 41.9 Å². The van der Waals surface area contributed by atoms with Crippen LogP contribution >= 0.6 is 11.6 Å². The van der Waals surface area contributed by atoms with Gasteiger partial charge in [-0.3, -0.25) is 4.79 Å². The second-order valence-electron chi connectivity index (χ2n) is 5.45. The van der Waals surface area contributed by atoms with Crippen molar-refractivity contribution in [1.29, 1.82) is 0 Å². The number of carbonyl (C=O) groups is 1. The summed E-state index contributed by atoms with van der Waals surface area (Å²) in [5.74, 6) is 0.853. The predicted molar refractivity (Wildman–Crippen MR) is 80.4 cm³/mol. The maximum absolute atomic E-state index is 12.3. The molecule has 0 saturated heterocycles. The Morgan fingerprint density at radius 3 is 2.67 bits per heavy atom. The van der Waals surface area contributed by atoms with Crippen LogP contribution in [-0.2, 0) is 11.3 Å². The molecule has 0 bridgehead atoms. The Labute approximate surface area is 128 Å². The molecule has 0 N–H and O–H groups in total. The Balaban J connectivity index is 1.82. The third-order valence-electron chi connectivity index (χ3n) is 3.34. The average Bonchev–Trinajstić information content (AvgIpc) is 2.94. The van der Waals surface area contributed by atoms with Crippen molar-refractivity contribution in [3.63, 3.8) is 0 Å². The van der Waals surface area contributed by atoms with E-state index in [-0.39, 0.29) is 12.3 Å². The van der Waals surface area contributed by atoms with E-state index in [2.05, 4.69) is 10.1 Å². The normalized spacial score (nSPS) is 11.4. The highest BCUT2D eigenvalue weighted by Crippen LogP contribution is 2.23. The first kappa shape index (κ1) is 15.5. The molecule has 5 nitrogen and oxygen atoms in total. The molecule has 0 unspecified atom stereocenters. The monoisotopic (exact) mass is 307 g/mol. The molecule has 0 aliphatic heterocycles. The highest BCUT2D eigenvalue weighted by Gasteiger charge is 2.27. The van der Waals surface area contributed by atoms with Crippen molar-refractivity contribution in [2.45, 2.75) is 26.8 Å². The molecule has 0 saturated carbocycles. The summed E-state index contributed by atoms with van der Waals surface area (Å²) in [7, 11) is 0. The summed E-state index contributed by atoms with van der Waals surface area (Å²) < 4.78 is 7.17. The van der Waals surface area contributed by atoms with Crippen molar-refractivity contribution in [1.82, 2.24) is 14.8 Å². The predicted octanol–water partition coefficient (Wildman–Crippen LogP) is 3.00. The van der Waals surface area contributed by atoms with E-state index in [1.165, 1.54) is 17.3 Å². The van der Waals surface area contributed by atoms with Gasteiger partial charge in [-0.05, 0) is 30.7 Å².